The van der Waals surface area contributed by atoms with Crippen molar-refractivity contribution in [2.24, 2.45) is 4.99 Å². The summed E-state index contributed by atoms with van der Waals surface area (Å²) >= 11 is 0. The molecule has 58 heavy (non-hydrogen) atoms. The molecule has 0 bridgehead atoms. The van der Waals surface area contributed by atoms with Gasteiger partial charge in [-0.05, 0) is 81.1 Å². The first-order valence-electron chi connectivity index (χ1n) is 19.4. The van der Waals surface area contributed by atoms with E-state index in [0.29, 0.717) is 55.7 Å². The zero-order valence-electron chi connectivity index (χ0n) is 32.4. The third-order valence-electron chi connectivity index (χ3n) is 10.4. The third kappa shape index (κ3) is 8.68. The number of rotatable bonds is 17. The van der Waals surface area contributed by atoms with Gasteiger partial charge in [0, 0.05) is 44.4 Å². The minimum absolute atomic E-state index is 0.0443. The molecule has 16 heteroatoms. The predicted octanol–water partition coefficient (Wildman–Crippen LogP) is 4.59. The van der Waals surface area contributed by atoms with E-state index in [1.807, 2.05) is 66.3 Å². The van der Waals surface area contributed by atoms with Gasteiger partial charge in [0.2, 0.25) is 11.8 Å². The molecular weight excluding hydrogens is 743 g/mol. The van der Waals surface area contributed by atoms with Crippen molar-refractivity contribution in [3.05, 3.63) is 89.5 Å². The van der Waals surface area contributed by atoms with Gasteiger partial charge in [0.15, 0.2) is 5.84 Å². The van der Waals surface area contributed by atoms with Crippen molar-refractivity contribution in [1.82, 2.24) is 24.9 Å². The Labute approximate surface area is 336 Å². The number of amides is 4. The number of likely N-dealkylation sites (tertiary alicyclic amines) is 1. The molecule has 2 saturated heterocycles. The second kappa shape index (κ2) is 18.4. The lowest BCUT2D eigenvalue weighted by molar-refractivity contribution is -0.136. The molecule has 4 N–H and O–H groups in total. The summed E-state index contributed by atoms with van der Waals surface area (Å²) in [6.45, 7) is 8.11. The Kier molecular flexibility index (Phi) is 12.7. The number of imide groups is 2. The molecule has 1 aromatic heterocycles. The third-order valence-corrected chi connectivity index (χ3v) is 10.4. The fourth-order valence-electron chi connectivity index (χ4n) is 7.62. The van der Waals surface area contributed by atoms with Gasteiger partial charge < -0.3 is 24.8 Å². The van der Waals surface area contributed by atoms with Crippen molar-refractivity contribution < 1.29 is 33.4 Å². The average Bonchev–Trinajstić information content (AvgIpc) is 3.75. The highest BCUT2D eigenvalue weighted by Gasteiger charge is 2.45. The van der Waals surface area contributed by atoms with Crippen molar-refractivity contribution in [2.75, 3.05) is 70.3 Å². The van der Waals surface area contributed by atoms with Crippen LogP contribution in [0.15, 0.2) is 77.8 Å². The van der Waals surface area contributed by atoms with Gasteiger partial charge in [0.25, 0.3) is 11.8 Å². The SMILES string of the molecule is C=NC(=N)c1c(-c2ccc(Oc3ccccc3)cc2)nn(C2CCCN(CCOCCOCCNc3cccc4c3C(=O)N(C3CCC(=O)NC3=O)C4=O)C2)c1NC. The van der Waals surface area contributed by atoms with Crippen LogP contribution < -0.4 is 20.7 Å². The van der Waals surface area contributed by atoms with Crippen LogP contribution in [0.5, 0.6) is 11.5 Å². The first-order chi connectivity index (χ1) is 28.3. The molecule has 3 aliphatic heterocycles. The highest BCUT2D eigenvalue weighted by molar-refractivity contribution is 6.25. The number of carbonyl (C=O) groups excluding carboxylic acids is 4. The number of anilines is 2. The molecule has 302 valence electrons. The van der Waals surface area contributed by atoms with Crippen molar-refractivity contribution in [3.8, 4) is 22.8 Å². The molecule has 0 spiro atoms. The summed E-state index contributed by atoms with van der Waals surface area (Å²) in [6, 6.07) is 21.3. The molecule has 2 unspecified atom stereocenters. The van der Waals surface area contributed by atoms with Crippen LogP contribution in [-0.4, -0.2) is 121 Å². The number of ether oxygens (including phenoxy) is 3. The quantitative estimate of drug-likeness (QED) is 0.0506. The Morgan fingerprint density at radius 2 is 1.69 bits per heavy atom. The summed E-state index contributed by atoms with van der Waals surface area (Å²) in [5, 5.41) is 22.4. The van der Waals surface area contributed by atoms with Gasteiger partial charge in [-0.25, -0.2) is 9.67 Å². The summed E-state index contributed by atoms with van der Waals surface area (Å²) < 4.78 is 19.6. The predicted molar refractivity (Wildman–Crippen MR) is 218 cm³/mol. The van der Waals surface area contributed by atoms with E-state index in [4.69, 9.17) is 24.7 Å². The summed E-state index contributed by atoms with van der Waals surface area (Å²) in [5.74, 6) is 0.0418. The Morgan fingerprint density at radius 1 is 0.931 bits per heavy atom. The number of nitrogens with zero attached hydrogens (tertiary/aromatic N) is 5. The largest absolute Gasteiger partial charge is 0.457 e. The molecule has 7 rings (SSSR count). The highest BCUT2D eigenvalue weighted by atomic mass is 16.5. The highest BCUT2D eigenvalue weighted by Crippen LogP contribution is 2.36. The van der Waals surface area contributed by atoms with Gasteiger partial charge in [-0.1, -0.05) is 24.3 Å². The minimum atomic E-state index is -1.02. The molecule has 0 radical (unpaired) electrons. The Morgan fingerprint density at radius 3 is 2.43 bits per heavy atom. The Balaban J connectivity index is 0.866. The van der Waals surface area contributed by atoms with Gasteiger partial charge in [-0.3, -0.25) is 39.7 Å². The van der Waals surface area contributed by atoms with Gasteiger partial charge >= 0.3 is 0 Å². The number of carbonyl (C=O) groups is 4. The van der Waals surface area contributed by atoms with E-state index in [1.54, 1.807) is 18.2 Å². The normalized spacial score (nSPS) is 18.2. The summed E-state index contributed by atoms with van der Waals surface area (Å²) in [7, 11) is 1.83. The topological polar surface area (TPSA) is 193 Å². The van der Waals surface area contributed by atoms with E-state index in [-0.39, 0.29) is 35.8 Å². The molecule has 4 aromatic rings. The summed E-state index contributed by atoms with van der Waals surface area (Å²) in [4.78, 5) is 57.7. The van der Waals surface area contributed by atoms with Gasteiger partial charge in [-0.2, -0.15) is 5.10 Å². The second-order valence-corrected chi connectivity index (χ2v) is 14.1. The van der Waals surface area contributed by atoms with Crippen LogP contribution in [0.3, 0.4) is 0 Å². The smallest absolute Gasteiger partial charge is 0.264 e. The summed E-state index contributed by atoms with van der Waals surface area (Å²) in [5.41, 5.74) is 3.00. The zero-order chi connectivity index (χ0) is 40.6. The lowest BCUT2D eigenvalue weighted by Crippen LogP contribution is -2.54. The number of aromatic nitrogens is 2. The number of hydrogen-bond donors (Lipinski definition) is 4. The van der Waals surface area contributed by atoms with Crippen molar-refractivity contribution in [1.29, 1.82) is 5.41 Å². The summed E-state index contributed by atoms with van der Waals surface area (Å²) in [6.07, 6.45) is 2.08. The Bertz CT molecular complexity index is 2170. The molecule has 0 saturated carbocycles. The molecule has 16 nitrogen and oxygen atoms in total. The number of piperidine rings is 2. The lowest BCUT2D eigenvalue weighted by Gasteiger charge is -2.33. The van der Waals surface area contributed by atoms with Crippen molar-refractivity contribution >= 4 is 47.7 Å². The zero-order valence-corrected chi connectivity index (χ0v) is 32.4. The van der Waals surface area contributed by atoms with Crippen LogP contribution in [0, 0.1) is 5.41 Å². The van der Waals surface area contributed by atoms with Gasteiger partial charge in [0.1, 0.15) is 29.1 Å². The number of amidine groups is 1. The van der Waals surface area contributed by atoms with Gasteiger partial charge in [0.05, 0.1) is 49.2 Å². The standard InChI is InChI=1S/C42H47N9O7/c1-44-38(43)36-37(27-13-15-30(16-14-27)58-29-9-4-3-5-10-29)48-51(39(36)45-2)28-8-7-20-49(26-28)21-23-57-25-24-56-22-19-46-32-12-6-11-31-35(32)42(55)50(41(31)54)33-17-18-34(52)47-40(33)53/h3-6,9-16,28,33,43,45-46H,1,7-8,17-26H2,2H3,(H,47,52,53). The van der Waals surface area contributed by atoms with Crippen LogP contribution in [-0.2, 0) is 19.1 Å². The second-order valence-electron chi connectivity index (χ2n) is 14.1. The molecule has 2 fully saturated rings. The minimum Gasteiger partial charge on any atom is -0.457 e. The van der Waals surface area contributed by atoms with E-state index >= 15 is 0 Å². The van der Waals surface area contributed by atoms with E-state index in [0.717, 1.165) is 54.5 Å². The van der Waals surface area contributed by atoms with Gasteiger partial charge in [-0.15, -0.1) is 0 Å². The van der Waals surface area contributed by atoms with Crippen LogP contribution in [0.25, 0.3) is 11.3 Å². The molecular formula is C42H47N9O7. The number of para-hydroxylation sites is 1. The number of nitrogens with one attached hydrogen (secondary N) is 4. The fourth-order valence-corrected chi connectivity index (χ4v) is 7.62. The van der Waals surface area contributed by atoms with Crippen LogP contribution in [0.4, 0.5) is 11.5 Å². The molecule has 4 heterocycles. The maximum absolute atomic E-state index is 13.3. The number of aliphatic imine (C=N–C) groups is 1. The van der Waals surface area contributed by atoms with E-state index in [9.17, 15) is 19.2 Å². The monoisotopic (exact) mass is 789 g/mol. The maximum atomic E-state index is 13.3. The average molecular weight is 790 g/mol. The molecule has 3 aliphatic rings. The fraction of sp³-hybridized carbons (Fsp3) is 0.357. The molecule has 3 aromatic carbocycles. The van der Waals surface area contributed by atoms with Crippen LogP contribution in [0.2, 0.25) is 0 Å². The van der Waals surface area contributed by atoms with E-state index in [2.05, 4.69) is 32.6 Å². The Hall–Kier alpha value is -6.23. The van der Waals surface area contributed by atoms with Crippen molar-refractivity contribution in [2.45, 2.75) is 37.8 Å². The molecule has 4 amide bonds. The van der Waals surface area contributed by atoms with Crippen LogP contribution >= 0.6 is 0 Å². The maximum Gasteiger partial charge on any atom is 0.264 e. The van der Waals surface area contributed by atoms with Crippen LogP contribution in [0.1, 0.15) is 58.0 Å². The lowest BCUT2D eigenvalue weighted by atomic mass is 10.0. The first-order valence-corrected chi connectivity index (χ1v) is 19.4. The number of hydrogen-bond acceptors (Lipinski definition) is 12. The van der Waals surface area contributed by atoms with Crippen molar-refractivity contribution in [3.63, 3.8) is 0 Å². The number of benzene rings is 3. The molecule has 2 atom stereocenters. The van der Waals surface area contributed by atoms with E-state index in [1.165, 1.54) is 0 Å². The molecule has 0 aliphatic carbocycles. The van der Waals surface area contributed by atoms with E-state index < -0.39 is 29.7 Å². The first kappa shape index (κ1) is 40.0. The number of fused-ring (bicyclic) bond motifs is 1.